The third-order valence-corrected chi connectivity index (χ3v) is 4.56. The van der Waals surface area contributed by atoms with Gasteiger partial charge >= 0.3 is 5.97 Å². The zero-order valence-corrected chi connectivity index (χ0v) is 15.0. The molecule has 0 amide bonds. The van der Waals surface area contributed by atoms with Gasteiger partial charge in [0.1, 0.15) is 17.0 Å². The van der Waals surface area contributed by atoms with Gasteiger partial charge in [-0.3, -0.25) is 4.68 Å². The molecular weight excluding hydrogens is 342 g/mol. The van der Waals surface area contributed by atoms with Gasteiger partial charge in [0.15, 0.2) is 0 Å². The molecule has 1 aromatic carbocycles. The van der Waals surface area contributed by atoms with E-state index >= 15 is 0 Å². The van der Waals surface area contributed by atoms with Gasteiger partial charge in [0, 0.05) is 48.2 Å². The molecule has 3 aromatic heterocycles. The summed E-state index contributed by atoms with van der Waals surface area (Å²) in [5.41, 5.74) is 5.33. The Morgan fingerprint density at radius 2 is 2.11 bits per heavy atom. The van der Waals surface area contributed by atoms with Gasteiger partial charge in [0.25, 0.3) is 0 Å². The topological polar surface area (TPSA) is 95.8 Å². The van der Waals surface area contributed by atoms with Crippen LogP contribution in [-0.4, -0.2) is 37.9 Å². The Hall–Kier alpha value is -3.61. The molecule has 7 nitrogen and oxygen atoms in total. The van der Waals surface area contributed by atoms with Crippen molar-refractivity contribution in [1.82, 2.24) is 19.7 Å². The lowest BCUT2D eigenvalue weighted by atomic mass is 10.00. The quantitative estimate of drug-likeness (QED) is 0.502. The minimum absolute atomic E-state index is 0.117. The lowest BCUT2D eigenvalue weighted by Crippen LogP contribution is -1.94. The van der Waals surface area contributed by atoms with E-state index in [-0.39, 0.29) is 5.69 Å². The van der Waals surface area contributed by atoms with Crippen LogP contribution in [0.15, 0.2) is 48.8 Å². The van der Waals surface area contributed by atoms with Crippen LogP contribution in [0.1, 0.15) is 17.4 Å². The molecule has 0 atom stereocenters. The zero-order valence-electron chi connectivity index (χ0n) is 15.0. The van der Waals surface area contributed by atoms with Crippen LogP contribution in [0, 0.1) is 0 Å². The molecule has 0 bridgehead atoms. The van der Waals surface area contributed by atoms with Crippen molar-refractivity contribution in [3.8, 4) is 22.4 Å². The number of hydrogen-bond donors (Lipinski definition) is 3. The number of pyridine rings is 1. The Kier molecular flexibility index (Phi) is 4.12. The Morgan fingerprint density at radius 1 is 1.26 bits per heavy atom. The average Bonchev–Trinajstić information content (AvgIpc) is 3.32. The highest BCUT2D eigenvalue weighted by molar-refractivity contribution is 6.01. The first-order chi connectivity index (χ1) is 13.1. The first kappa shape index (κ1) is 16.8. The molecule has 0 radical (unpaired) electrons. The number of carbonyl (C=O) groups is 1. The van der Waals surface area contributed by atoms with Crippen molar-refractivity contribution in [1.29, 1.82) is 0 Å². The van der Waals surface area contributed by atoms with Crippen molar-refractivity contribution in [3.63, 3.8) is 0 Å². The lowest BCUT2D eigenvalue weighted by molar-refractivity contribution is 0.0691. The second-order valence-corrected chi connectivity index (χ2v) is 6.19. The summed E-state index contributed by atoms with van der Waals surface area (Å²) in [6.45, 7) is 2.77. The first-order valence-electron chi connectivity index (χ1n) is 8.67. The van der Waals surface area contributed by atoms with E-state index in [4.69, 9.17) is 5.10 Å². The van der Waals surface area contributed by atoms with Crippen LogP contribution < -0.4 is 5.32 Å². The van der Waals surface area contributed by atoms with Crippen LogP contribution in [0.25, 0.3) is 33.4 Å². The number of aromatic nitrogens is 4. The molecule has 0 unspecified atom stereocenters. The summed E-state index contributed by atoms with van der Waals surface area (Å²) in [5, 5.41) is 17.9. The number of aryl methyl sites for hydroxylation is 1. The molecule has 0 aliphatic carbocycles. The van der Waals surface area contributed by atoms with E-state index in [1.807, 2.05) is 55.2 Å². The Morgan fingerprint density at radius 3 is 2.85 bits per heavy atom. The molecule has 4 rings (SSSR count). The van der Waals surface area contributed by atoms with E-state index in [9.17, 15) is 9.90 Å². The number of aromatic carboxylic acids is 1. The van der Waals surface area contributed by atoms with E-state index < -0.39 is 5.97 Å². The normalized spacial score (nSPS) is 11.0. The highest BCUT2D eigenvalue weighted by Gasteiger charge is 2.18. The average molecular weight is 361 g/mol. The predicted molar refractivity (Wildman–Crippen MR) is 105 cm³/mol. The van der Waals surface area contributed by atoms with Crippen molar-refractivity contribution in [2.45, 2.75) is 13.5 Å². The van der Waals surface area contributed by atoms with Crippen molar-refractivity contribution in [2.24, 2.45) is 0 Å². The summed E-state index contributed by atoms with van der Waals surface area (Å²) in [6, 6.07) is 11.6. The van der Waals surface area contributed by atoms with Crippen molar-refractivity contribution >= 4 is 22.7 Å². The first-order valence-corrected chi connectivity index (χ1v) is 8.67. The fourth-order valence-corrected chi connectivity index (χ4v) is 3.19. The molecule has 0 aliphatic heterocycles. The van der Waals surface area contributed by atoms with E-state index in [1.165, 1.54) is 0 Å². The number of fused-ring (bicyclic) bond motifs is 1. The Bertz CT molecular complexity index is 1140. The largest absolute Gasteiger partial charge is 0.477 e. The van der Waals surface area contributed by atoms with Gasteiger partial charge in [-0.2, -0.15) is 5.10 Å². The summed E-state index contributed by atoms with van der Waals surface area (Å²) in [4.78, 5) is 18.5. The van der Waals surface area contributed by atoms with Gasteiger partial charge in [0.05, 0.1) is 0 Å². The second-order valence-electron chi connectivity index (χ2n) is 6.19. The third-order valence-electron chi connectivity index (χ3n) is 4.56. The fourth-order valence-electron chi connectivity index (χ4n) is 3.19. The van der Waals surface area contributed by atoms with Crippen LogP contribution in [0.2, 0.25) is 0 Å². The molecule has 0 aliphatic rings. The molecule has 3 heterocycles. The van der Waals surface area contributed by atoms with Gasteiger partial charge in [-0.1, -0.05) is 12.1 Å². The minimum Gasteiger partial charge on any atom is -0.477 e. The van der Waals surface area contributed by atoms with Crippen LogP contribution in [0.4, 0.5) is 5.69 Å². The molecule has 0 saturated carbocycles. The van der Waals surface area contributed by atoms with E-state index in [2.05, 4.69) is 15.3 Å². The number of carboxylic acid groups (broad SMARTS) is 1. The number of rotatable bonds is 5. The van der Waals surface area contributed by atoms with E-state index in [0.29, 0.717) is 5.65 Å². The van der Waals surface area contributed by atoms with Crippen molar-refractivity contribution in [3.05, 3.63) is 54.5 Å². The highest BCUT2D eigenvalue weighted by Crippen LogP contribution is 2.36. The Balaban J connectivity index is 1.95. The summed E-state index contributed by atoms with van der Waals surface area (Å²) in [6.07, 6.45) is 3.67. The van der Waals surface area contributed by atoms with Crippen molar-refractivity contribution < 1.29 is 9.90 Å². The zero-order chi connectivity index (χ0) is 19.0. The lowest BCUT2D eigenvalue weighted by Gasteiger charge is -2.06. The molecule has 0 fully saturated rings. The predicted octanol–water partition coefficient (Wildman–Crippen LogP) is 3.85. The number of aromatic amines is 1. The molecular formula is C20H19N5O2. The number of anilines is 1. The summed E-state index contributed by atoms with van der Waals surface area (Å²) in [7, 11) is 1.88. The molecule has 0 spiro atoms. The number of H-pyrrole nitrogens is 1. The minimum atomic E-state index is -1.01. The summed E-state index contributed by atoms with van der Waals surface area (Å²) >= 11 is 0. The SMILES string of the molecule is CCn1cc(-c2ccnc3[nH]c(C(=O)O)cc23)c(-c2cccc(NC)c2)n1. The maximum atomic E-state index is 11.3. The van der Waals surface area contributed by atoms with E-state index in [0.717, 1.165) is 40.0 Å². The molecule has 3 N–H and O–H groups in total. The maximum absolute atomic E-state index is 11.3. The van der Waals surface area contributed by atoms with Gasteiger partial charge in [-0.05, 0) is 36.8 Å². The van der Waals surface area contributed by atoms with Gasteiger partial charge in [0.2, 0.25) is 0 Å². The fraction of sp³-hybridized carbons (Fsp3) is 0.150. The van der Waals surface area contributed by atoms with Crippen LogP contribution in [-0.2, 0) is 6.54 Å². The van der Waals surface area contributed by atoms with E-state index in [1.54, 1.807) is 12.3 Å². The summed E-state index contributed by atoms with van der Waals surface area (Å²) in [5.74, 6) is -1.01. The number of benzene rings is 1. The number of carboxylic acids is 1. The third kappa shape index (κ3) is 2.93. The molecule has 7 heteroatoms. The monoisotopic (exact) mass is 361 g/mol. The smallest absolute Gasteiger partial charge is 0.352 e. The number of hydrogen-bond acceptors (Lipinski definition) is 4. The molecule has 4 aromatic rings. The standard InChI is InChI=1S/C20H19N5O2/c1-3-25-11-16(18(24-25)12-5-4-6-13(9-12)21-2)14-7-8-22-19-15(14)10-17(23-19)20(26)27/h4-11,21H,3H2,1-2H3,(H,22,23)(H,26,27). The van der Waals surface area contributed by atoms with Gasteiger partial charge < -0.3 is 15.4 Å². The number of nitrogens with one attached hydrogen (secondary N) is 2. The molecule has 136 valence electrons. The second kappa shape index (κ2) is 6.60. The van der Waals surface area contributed by atoms with Crippen molar-refractivity contribution in [2.75, 3.05) is 12.4 Å². The van der Waals surface area contributed by atoms with Gasteiger partial charge in [-0.15, -0.1) is 0 Å². The number of nitrogens with zero attached hydrogens (tertiary/aromatic N) is 3. The summed E-state index contributed by atoms with van der Waals surface area (Å²) < 4.78 is 1.88. The maximum Gasteiger partial charge on any atom is 0.352 e. The molecule has 27 heavy (non-hydrogen) atoms. The highest BCUT2D eigenvalue weighted by atomic mass is 16.4. The van der Waals surface area contributed by atoms with Crippen LogP contribution >= 0.6 is 0 Å². The van der Waals surface area contributed by atoms with Gasteiger partial charge in [-0.25, -0.2) is 9.78 Å². The van der Waals surface area contributed by atoms with Crippen LogP contribution in [0.5, 0.6) is 0 Å². The van der Waals surface area contributed by atoms with Crippen LogP contribution in [0.3, 0.4) is 0 Å². The molecule has 0 saturated heterocycles. The Labute approximate surface area is 155 Å².